The van der Waals surface area contributed by atoms with Crippen molar-refractivity contribution in [3.05, 3.63) is 5.28 Å². The third-order valence-electron chi connectivity index (χ3n) is 2.97. The molecule has 0 aliphatic carbocycles. The maximum absolute atomic E-state index is 5.95. The van der Waals surface area contributed by atoms with Crippen LogP contribution in [-0.2, 0) is 4.74 Å². The Balaban J connectivity index is 1.97. The molecule has 1 N–H and O–H groups in total. The van der Waals surface area contributed by atoms with Crippen molar-refractivity contribution in [1.82, 2.24) is 15.0 Å². The molecule has 0 bridgehead atoms. The van der Waals surface area contributed by atoms with Gasteiger partial charge in [0, 0.05) is 26.2 Å². The topological polar surface area (TPSA) is 63.2 Å². The highest BCUT2D eigenvalue weighted by atomic mass is 35.5. The van der Waals surface area contributed by atoms with E-state index in [0.717, 1.165) is 13.1 Å². The summed E-state index contributed by atoms with van der Waals surface area (Å²) in [6, 6.07) is 0. The Morgan fingerprint density at radius 2 is 2.00 bits per heavy atom. The van der Waals surface area contributed by atoms with E-state index in [-0.39, 0.29) is 5.28 Å². The molecule has 1 saturated heterocycles. The molecule has 1 aliphatic heterocycles. The smallest absolute Gasteiger partial charge is 0.231 e. The van der Waals surface area contributed by atoms with Crippen LogP contribution in [0.25, 0.3) is 0 Å². The van der Waals surface area contributed by atoms with Gasteiger partial charge < -0.3 is 15.0 Å². The zero-order valence-corrected chi connectivity index (χ0v) is 12.0. The standard InChI is InChI=1S/C12H20ClN5O/c1-2-19-9-6-14-11-15-10(13)16-12(17-11)18-7-4-3-5-8-18/h2-9H2,1H3,(H,14,15,16,17). The van der Waals surface area contributed by atoms with Crippen LogP contribution in [0.4, 0.5) is 11.9 Å². The molecule has 0 atom stereocenters. The van der Waals surface area contributed by atoms with E-state index in [1.165, 1.54) is 19.3 Å². The van der Waals surface area contributed by atoms with Crippen molar-refractivity contribution < 1.29 is 4.74 Å². The van der Waals surface area contributed by atoms with Crippen LogP contribution >= 0.6 is 11.6 Å². The predicted octanol–water partition coefficient (Wildman–Crippen LogP) is 1.96. The van der Waals surface area contributed by atoms with E-state index < -0.39 is 0 Å². The average Bonchev–Trinajstić information content (AvgIpc) is 2.44. The maximum Gasteiger partial charge on any atom is 0.231 e. The van der Waals surface area contributed by atoms with Gasteiger partial charge in [0.15, 0.2) is 0 Å². The Labute approximate surface area is 118 Å². The zero-order valence-electron chi connectivity index (χ0n) is 11.2. The molecule has 2 heterocycles. The number of hydrogen-bond acceptors (Lipinski definition) is 6. The molecule has 19 heavy (non-hydrogen) atoms. The summed E-state index contributed by atoms with van der Waals surface area (Å²) in [5.74, 6) is 1.18. The van der Waals surface area contributed by atoms with Crippen molar-refractivity contribution in [2.24, 2.45) is 0 Å². The summed E-state index contributed by atoms with van der Waals surface area (Å²) in [5, 5.41) is 3.33. The minimum absolute atomic E-state index is 0.231. The van der Waals surface area contributed by atoms with Gasteiger partial charge in [-0.25, -0.2) is 0 Å². The predicted molar refractivity (Wildman–Crippen MR) is 75.9 cm³/mol. The Bertz CT molecular complexity index is 398. The zero-order chi connectivity index (χ0) is 13.5. The van der Waals surface area contributed by atoms with E-state index in [4.69, 9.17) is 16.3 Å². The lowest BCUT2D eigenvalue weighted by Crippen LogP contribution is -2.31. The number of piperidine rings is 1. The van der Waals surface area contributed by atoms with Crippen molar-refractivity contribution in [3.8, 4) is 0 Å². The van der Waals surface area contributed by atoms with E-state index >= 15 is 0 Å². The monoisotopic (exact) mass is 285 g/mol. The van der Waals surface area contributed by atoms with Crippen molar-refractivity contribution in [2.75, 3.05) is 43.1 Å². The largest absolute Gasteiger partial charge is 0.380 e. The van der Waals surface area contributed by atoms with Gasteiger partial charge in [0.25, 0.3) is 0 Å². The summed E-state index contributed by atoms with van der Waals surface area (Å²) in [6.07, 6.45) is 3.63. The summed E-state index contributed by atoms with van der Waals surface area (Å²) >= 11 is 5.95. The fraction of sp³-hybridized carbons (Fsp3) is 0.750. The quantitative estimate of drug-likeness (QED) is 0.806. The molecule has 106 valence electrons. The third-order valence-corrected chi connectivity index (χ3v) is 3.14. The maximum atomic E-state index is 5.95. The Morgan fingerprint density at radius 3 is 2.74 bits per heavy atom. The molecule has 0 unspecified atom stereocenters. The molecule has 1 aromatic rings. The molecule has 1 fully saturated rings. The van der Waals surface area contributed by atoms with E-state index in [1.54, 1.807) is 0 Å². The summed E-state index contributed by atoms with van der Waals surface area (Å²) in [7, 11) is 0. The number of nitrogens with one attached hydrogen (secondary N) is 1. The van der Waals surface area contributed by atoms with Crippen molar-refractivity contribution >= 4 is 23.5 Å². The Hall–Kier alpha value is -1.14. The van der Waals surface area contributed by atoms with Crippen LogP contribution in [0.2, 0.25) is 5.28 Å². The lowest BCUT2D eigenvalue weighted by Gasteiger charge is -2.26. The SMILES string of the molecule is CCOCCNc1nc(Cl)nc(N2CCCCC2)n1. The van der Waals surface area contributed by atoms with Crippen LogP contribution in [0.15, 0.2) is 0 Å². The lowest BCUT2D eigenvalue weighted by molar-refractivity contribution is 0.158. The van der Waals surface area contributed by atoms with Gasteiger partial charge in [-0.15, -0.1) is 0 Å². The van der Waals surface area contributed by atoms with Crippen LogP contribution in [-0.4, -0.2) is 47.8 Å². The first kappa shape index (κ1) is 14.3. The Morgan fingerprint density at radius 1 is 1.21 bits per heavy atom. The van der Waals surface area contributed by atoms with E-state index in [0.29, 0.717) is 31.7 Å². The fourth-order valence-electron chi connectivity index (χ4n) is 2.03. The van der Waals surface area contributed by atoms with E-state index in [1.807, 2.05) is 6.92 Å². The molecular weight excluding hydrogens is 266 g/mol. The number of ether oxygens (including phenoxy) is 1. The van der Waals surface area contributed by atoms with Crippen LogP contribution in [0.5, 0.6) is 0 Å². The number of anilines is 2. The van der Waals surface area contributed by atoms with Crippen molar-refractivity contribution in [1.29, 1.82) is 0 Å². The summed E-state index contributed by atoms with van der Waals surface area (Å²) in [5.41, 5.74) is 0. The minimum Gasteiger partial charge on any atom is -0.380 e. The van der Waals surface area contributed by atoms with Gasteiger partial charge in [-0.05, 0) is 37.8 Å². The van der Waals surface area contributed by atoms with Gasteiger partial charge in [-0.2, -0.15) is 15.0 Å². The first-order valence-electron chi connectivity index (χ1n) is 6.77. The third kappa shape index (κ3) is 4.47. The van der Waals surface area contributed by atoms with Gasteiger partial charge in [-0.1, -0.05) is 0 Å². The summed E-state index contributed by atoms with van der Waals surface area (Å²) < 4.78 is 5.25. The molecular formula is C12H20ClN5O. The molecule has 2 rings (SSSR count). The first-order valence-corrected chi connectivity index (χ1v) is 7.15. The molecule has 7 heteroatoms. The second kappa shape index (κ2) is 7.45. The first-order chi connectivity index (χ1) is 9.29. The molecule has 1 aromatic heterocycles. The second-order valence-corrected chi connectivity index (χ2v) is 4.74. The normalized spacial score (nSPS) is 15.6. The molecule has 0 spiro atoms. The van der Waals surface area contributed by atoms with Crippen LogP contribution < -0.4 is 10.2 Å². The van der Waals surface area contributed by atoms with Crippen molar-refractivity contribution in [2.45, 2.75) is 26.2 Å². The second-order valence-electron chi connectivity index (χ2n) is 4.40. The molecule has 1 aliphatic rings. The van der Waals surface area contributed by atoms with Crippen LogP contribution in [0, 0.1) is 0 Å². The molecule has 0 amide bonds. The van der Waals surface area contributed by atoms with Gasteiger partial charge in [0.2, 0.25) is 17.2 Å². The fourth-order valence-corrected chi connectivity index (χ4v) is 2.19. The molecule has 6 nitrogen and oxygen atoms in total. The molecule has 0 radical (unpaired) electrons. The number of nitrogens with zero attached hydrogens (tertiary/aromatic N) is 4. The van der Waals surface area contributed by atoms with Gasteiger partial charge in [0.1, 0.15) is 0 Å². The van der Waals surface area contributed by atoms with Gasteiger partial charge in [0.05, 0.1) is 6.61 Å². The molecule has 0 saturated carbocycles. The Kier molecular flexibility index (Phi) is 5.60. The average molecular weight is 286 g/mol. The number of aromatic nitrogens is 3. The molecule has 0 aromatic carbocycles. The van der Waals surface area contributed by atoms with E-state index in [9.17, 15) is 0 Å². The van der Waals surface area contributed by atoms with Crippen molar-refractivity contribution in [3.63, 3.8) is 0 Å². The van der Waals surface area contributed by atoms with Gasteiger partial charge >= 0.3 is 0 Å². The highest BCUT2D eigenvalue weighted by Crippen LogP contribution is 2.18. The lowest BCUT2D eigenvalue weighted by atomic mass is 10.1. The van der Waals surface area contributed by atoms with Crippen LogP contribution in [0.1, 0.15) is 26.2 Å². The number of halogens is 1. The highest BCUT2D eigenvalue weighted by molar-refractivity contribution is 6.28. The summed E-state index contributed by atoms with van der Waals surface area (Å²) in [4.78, 5) is 14.8. The van der Waals surface area contributed by atoms with Crippen LogP contribution in [0.3, 0.4) is 0 Å². The number of rotatable bonds is 6. The van der Waals surface area contributed by atoms with Gasteiger partial charge in [-0.3, -0.25) is 0 Å². The highest BCUT2D eigenvalue weighted by Gasteiger charge is 2.15. The summed E-state index contributed by atoms with van der Waals surface area (Å²) in [6.45, 7) is 5.93. The minimum atomic E-state index is 0.231. The number of hydrogen-bond donors (Lipinski definition) is 1. The van der Waals surface area contributed by atoms with E-state index in [2.05, 4.69) is 25.2 Å².